The molecular formula is C18H25N5O. The van der Waals surface area contributed by atoms with Crippen LogP contribution in [-0.4, -0.2) is 50.5 Å². The van der Waals surface area contributed by atoms with Crippen molar-refractivity contribution in [2.75, 3.05) is 13.6 Å². The lowest BCUT2D eigenvalue weighted by molar-refractivity contribution is -0.137. The molecule has 1 atom stereocenters. The summed E-state index contributed by atoms with van der Waals surface area (Å²) in [6, 6.07) is 8.48. The van der Waals surface area contributed by atoms with Crippen LogP contribution in [0, 0.1) is 6.92 Å². The number of aromatic nitrogens is 3. The van der Waals surface area contributed by atoms with E-state index in [-0.39, 0.29) is 11.9 Å². The molecule has 0 aliphatic carbocycles. The normalized spacial score (nSPS) is 18.5. The molecule has 24 heavy (non-hydrogen) atoms. The number of rotatable bonds is 5. The van der Waals surface area contributed by atoms with Crippen LogP contribution in [0.5, 0.6) is 0 Å². The van der Waals surface area contributed by atoms with Gasteiger partial charge in [-0.15, -0.1) is 0 Å². The summed E-state index contributed by atoms with van der Waals surface area (Å²) in [6.45, 7) is 4.37. The highest BCUT2D eigenvalue weighted by Gasteiger charge is 2.30. The van der Waals surface area contributed by atoms with E-state index < -0.39 is 0 Å². The Kier molecular flexibility index (Phi) is 5.25. The molecule has 1 aromatic heterocycles. The molecule has 6 heteroatoms. The summed E-state index contributed by atoms with van der Waals surface area (Å²) in [5.41, 5.74) is 2.53. The van der Waals surface area contributed by atoms with Gasteiger partial charge in [-0.2, -0.15) is 5.10 Å². The number of benzene rings is 1. The van der Waals surface area contributed by atoms with Gasteiger partial charge in [0.05, 0.1) is 12.6 Å². The summed E-state index contributed by atoms with van der Waals surface area (Å²) in [6.07, 6.45) is 4.65. The van der Waals surface area contributed by atoms with Gasteiger partial charge in [0.1, 0.15) is 12.2 Å². The van der Waals surface area contributed by atoms with Crippen molar-refractivity contribution in [3.8, 4) is 0 Å². The number of carbonyl (C=O) groups is 1. The van der Waals surface area contributed by atoms with Gasteiger partial charge in [-0.3, -0.25) is 14.8 Å². The molecule has 1 aliphatic heterocycles. The number of piperidine rings is 1. The van der Waals surface area contributed by atoms with E-state index in [4.69, 9.17) is 0 Å². The summed E-state index contributed by atoms with van der Waals surface area (Å²) >= 11 is 0. The summed E-state index contributed by atoms with van der Waals surface area (Å²) in [5, 5.41) is 6.66. The van der Waals surface area contributed by atoms with Crippen LogP contribution in [-0.2, 0) is 17.9 Å². The fourth-order valence-electron chi connectivity index (χ4n) is 3.37. The molecule has 128 valence electrons. The smallest absolute Gasteiger partial charge is 0.240 e. The third-order valence-electron chi connectivity index (χ3n) is 4.59. The zero-order valence-corrected chi connectivity index (χ0v) is 14.4. The topological polar surface area (TPSA) is 65.1 Å². The fourth-order valence-corrected chi connectivity index (χ4v) is 3.37. The molecule has 0 spiro atoms. The highest BCUT2D eigenvalue weighted by Crippen LogP contribution is 2.22. The standard InChI is InChI=1S/C18H25N5O/c1-14-6-5-7-15(10-14)11-23-9-4-3-8-16(23)18(24)22(2)12-17-19-13-20-21-17/h5-7,10,13,16H,3-4,8-9,11-12H2,1-2H3,(H,19,20,21). The summed E-state index contributed by atoms with van der Waals surface area (Å²) in [4.78, 5) is 21.1. The molecule has 0 saturated carbocycles. The second-order valence-electron chi connectivity index (χ2n) is 6.60. The summed E-state index contributed by atoms with van der Waals surface area (Å²) < 4.78 is 0. The second kappa shape index (κ2) is 7.57. The molecule has 2 heterocycles. The Morgan fingerprint density at radius 2 is 2.29 bits per heavy atom. The lowest BCUT2D eigenvalue weighted by Gasteiger charge is -2.36. The van der Waals surface area contributed by atoms with Crippen LogP contribution in [0.25, 0.3) is 0 Å². The number of likely N-dealkylation sites (N-methyl/N-ethyl adjacent to an activating group) is 1. The van der Waals surface area contributed by atoms with E-state index >= 15 is 0 Å². The minimum atomic E-state index is -0.0489. The molecule has 6 nitrogen and oxygen atoms in total. The van der Waals surface area contributed by atoms with E-state index in [9.17, 15) is 4.79 Å². The van der Waals surface area contributed by atoms with Gasteiger partial charge >= 0.3 is 0 Å². The molecule has 1 fully saturated rings. The van der Waals surface area contributed by atoms with Crippen molar-refractivity contribution >= 4 is 5.91 Å². The number of H-pyrrole nitrogens is 1. The van der Waals surface area contributed by atoms with Gasteiger partial charge in [-0.1, -0.05) is 36.2 Å². The molecular weight excluding hydrogens is 302 g/mol. The summed E-state index contributed by atoms with van der Waals surface area (Å²) in [5.74, 6) is 0.880. The van der Waals surface area contributed by atoms with Gasteiger partial charge in [0, 0.05) is 13.6 Å². The predicted molar refractivity (Wildman–Crippen MR) is 92.1 cm³/mol. The first kappa shape index (κ1) is 16.6. The SMILES string of the molecule is Cc1cccc(CN2CCCCC2C(=O)N(C)Cc2ncn[nH]2)c1. The molecule has 1 N–H and O–H groups in total. The van der Waals surface area contributed by atoms with E-state index in [0.29, 0.717) is 12.4 Å². The van der Waals surface area contributed by atoms with Crippen molar-refractivity contribution < 1.29 is 4.79 Å². The lowest BCUT2D eigenvalue weighted by Crippen LogP contribution is -2.49. The Bertz CT molecular complexity index is 670. The molecule has 0 radical (unpaired) electrons. The Balaban J connectivity index is 1.68. The first-order chi connectivity index (χ1) is 11.6. The van der Waals surface area contributed by atoms with E-state index in [1.54, 1.807) is 4.90 Å². The Morgan fingerprint density at radius 3 is 3.04 bits per heavy atom. The maximum Gasteiger partial charge on any atom is 0.240 e. The van der Waals surface area contributed by atoms with Crippen LogP contribution < -0.4 is 0 Å². The van der Waals surface area contributed by atoms with Crippen LogP contribution in [0.4, 0.5) is 0 Å². The minimum absolute atomic E-state index is 0.0489. The number of hydrogen-bond acceptors (Lipinski definition) is 4. The van der Waals surface area contributed by atoms with Gasteiger partial charge in [0.2, 0.25) is 5.91 Å². The zero-order valence-electron chi connectivity index (χ0n) is 14.4. The number of nitrogens with zero attached hydrogens (tertiary/aromatic N) is 4. The van der Waals surface area contributed by atoms with Crippen LogP contribution in [0.15, 0.2) is 30.6 Å². The zero-order chi connectivity index (χ0) is 16.9. The van der Waals surface area contributed by atoms with E-state index in [1.165, 1.54) is 17.5 Å². The lowest BCUT2D eigenvalue weighted by atomic mass is 9.99. The van der Waals surface area contributed by atoms with Crippen LogP contribution in [0.3, 0.4) is 0 Å². The number of nitrogens with one attached hydrogen (secondary N) is 1. The van der Waals surface area contributed by atoms with E-state index in [1.807, 2.05) is 7.05 Å². The van der Waals surface area contributed by atoms with Gasteiger partial charge in [-0.05, 0) is 31.9 Å². The third-order valence-corrected chi connectivity index (χ3v) is 4.59. The number of aromatic amines is 1. The maximum absolute atomic E-state index is 12.9. The third kappa shape index (κ3) is 4.00. The molecule has 3 rings (SSSR count). The summed E-state index contributed by atoms with van der Waals surface area (Å²) in [7, 11) is 1.84. The molecule has 1 aromatic carbocycles. The van der Waals surface area contributed by atoms with Gasteiger partial charge in [0.25, 0.3) is 0 Å². The Hall–Kier alpha value is -2.21. The average Bonchev–Trinajstić information content (AvgIpc) is 3.08. The molecule has 2 aromatic rings. The highest BCUT2D eigenvalue weighted by atomic mass is 16.2. The molecule has 1 saturated heterocycles. The van der Waals surface area contributed by atoms with Crippen molar-refractivity contribution in [1.82, 2.24) is 25.0 Å². The van der Waals surface area contributed by atoms with Gasteiger partial charge in [-0.25, -0.2) is 4.98 Å². The first-order valence-corrected chi connectivity index (χ1v) is 8.52. The van der Waals surface area contributed by atoms with Crippen molar-refractivity contribution in [3.63, 3.8) is 0 Å². The van der Waals surface area contributed by atoms with Crippen molar-refractivity contribution in [1.29, 1.82) is 0 Å². The van der Waals surface area contributed by atoms with Gasteiger partial charge < -0.3 is 4.90 Å². The van der Waals surface area contributed by atoms with E-state index in [0.717, 1.165) is 32.4 Å². The van der Waals surface area contributed by atoms with Crippen molar-refractivity contribution in [3.05, 3.63) is 47.5 Å². The quantitative estimate of drug-likeness (QED) is 0.914. The molecule has 1 amide bonds. The van der Waals surface area contributed by atoms with Crippen molar-refractivity contribution in [2.24, 2.45) is 0 Å². The second-order valence-corrected chi connectivity index (χ2v) is 6.60. The largest absolute Gasteiger partial charge is 0.337 e. The minimum Gasteiger partial charge on any atom is -0.337 e. The van der Waals surface area contributed by atoms with Crippen LogP contribution >= 0.6 is 0 Å². The van der Waals surface area contributed by atoms with Gasteiger partial charge in [0.15, 0.2) is 0 Å². The van der Waals surface area contributed by atoms with Crippen LogP contribution in [0.2, 0.25) is 0 Å². The highest BCUT2D eigenvalue weighted by molar-refractivity contribution is 5.81. The first-order valence-electron chi connectivity index (χ1n) is 8.52. The monoisotopic (exact) mass is 327 g/mol. The number of hydrogen-bond donors (Lipinski definition) is 1. The van der Waals surface area contributed by atoms with E-state index in [2.05, 4.69) is 51.3 Å². The number of aryl methyl sites for hydroxylation is 1. The number of carbonyl (C=O) groups excluding carboxylic acids is 1. The fraction of sp³-hybridized carbons (Fsp3) is 0.500. The van der Waals surface area contributed by atoms with Crippen molar-refractivity contribution in [2.45, 2.75) is 45.3 Å². The molecule has 1 unspecified atom stereocenters. The average molecular weight is 327 g/mol. The van der Waals surface area contributed by atoms with Crippen LogP contribution in [0.1, 0.15) is 36.2 Å². The number of amides is 1. The Morgan fingerprint density at radius 1 is 1.42 bits per heavy atom. The maximum atomic E-state index is 12.9. The molecule has 0 bridgehead atoms. The predicted octanol–water partition coefficient (Wildman–Crippen LogP) is 2.13. The number of likely N-dealkylation sites (tertiary alicyclic amines) is 1. The molecule has 1 aliphatic rings. The Labute approximate surface area is 142 Å².